The number of hydrogen-bond acceptors (Lipinski definition) is 1. The van der Waals surface area contributed by atoms with Crippen molar-refractivity contribution in [1.82, 2.24) is 0 Å². The monoisotopic (exact) mass is 377 g/mol. The number of nitrogens with zero attached hydrogens (tertiary/aromatic N) is 1. The molecular weight excluding hydrogens is 352 g/mol. The molecule has 0 spiro atoms. The quantitative estimate of drug-likeness (QED) is 0.459. The van der Waals surface area contributed by atoms with Crippen LogP contribution < -0.4 is 0 Å². The van der Waals surface area contributed by atoms with Gasteiger partial charge in [0.2, 0.25) is 0 Å². The molecule has 0 saturated heterocycles. The van der Waals surface area contributed by atoms with Crippen molar-refractivity contribution >= 4 is 0 Å². The van der Waals surface area contributed by atoms with Crippen LogP contribution in [0.3, 0.4) is 0 Å². The molecule has 1 nitrogen and oxygen atoms in total. The first-order valence-corrected chi connectivity index (χ1v) is 9.34. The minimum Gasteiger partial charge on any atom is -0.242 e. The van der Waals surface area contributed by atoms with E-state index in [4.69, 9.17) is 5.26 Å². The van der Waals surface area contributed by atoms with E-state index in [1.807, 2.05) is 42.5 Å². The fraction of sp³-hybridized carbons (Fsp3) is 0.240. The molecule has 144 valence electrons. The first kappa shape index (κ1) is 21.3. The zero-order valence-corrected chi connectivity index (χ0v) is 15.9. The average Bonchev–Trinajstić information content (AvgIpc) is 2.72. The Morgan fingerprint density at radius 1 is 1.25 bits per heavy atom. The number of rotatable bonds is 6. The Morgan fingerprint density at radius 3 is 2.75 bits per heavy atom. The van der Waals surface area contributed by atoms with Crippen LogP contribution in [0.2, 0.25) is 0 Å². The third-order valence-electron chi connectivity index (χ3n) is 4.61. The maximum atomic E-state index is 15.0. The molecule has 2 aliphatic carbocycles. The predicted octanol–water partition coefficient (Wildman–Crippen LogP) is 6.95. The molecule has 0 aromatic heterocycles. The summed E-state index contributed by atoms with van der Waals surface area (Å²) in [5.41, 5.74) is 2.33. The number of hydrogen-bond donors (Lipinski definition) is 0. The van der Waals surface area contributed by atoms with Gasteiger partial charge in [-0.2, -0.15) is 5.26 Å². The van der Waals surface area contributed by atoms with Crippen LogP contribution in [0.15, 0.2) is 109 Å². The van der Waals surface area contributed by atoms with Gasteiger partial charge in [-0.05, 0) is 42.1 Å². The second-order valence-corrected chi connectivity index (χ2v) is 6.70. The lowest BCUT2D eigenvalue weighted by atomic mass is 9.86. The lowest BCUT2D eigenvalue weighted by molar-refractivity contribution is 0.309. The molecule has 0 aliphatic heterocycles. The molecular formula is C25H25F2N. The van der Waals surface area contributed by atoms with Crippen molar-refractivity contribution in [2.75, 3.05) is 0 Å². The summed E-state index contributed by atoms with van der Waals surface area (Å²) in [6.45, 7) is 7.40. The van der Waals surface area contributed by atoms with Crippen molar-refractivity contribution in [3.05, 3.63) is 109 Å². The number of allylic oxidation sites excluding steroid dienone is 16. The molecule has 0 bridgehead atoms. The van der Waals surface area contributed by atoms with Crippen molar-refractivity contribution in [3.8, 4) is 6.07 Å². The third kappa shape index (κ3) is 6.32. The molecule has 0 amide bonds. The standard InChI is InChI=1S/C25H25F2N/c1-3-23(26)25(22-15-12-21(18-28)13-16-22)24(27)17-14-20-9-7-5-4-6-8-19(2)10-11-20/h3-6,8-12,15-17,21,23,25H,1-2,7,13-14H2/b5-4-,8-6-,11-10?,20-9?,24-17+/t21?,23?,25-/m1/s1. The van der Waals surface area contributed by atoms with Gasteiger partial charge in [-0.25, -0.2) is 8.78 Å². The van der Waals surface area contributed by atoms with Gasteiger partial charge in [0.05, 0.1) is 17.9 Å². The van der Waals surface area contributed by atoms with Crippen molar-refractivity contribution in [1.29, 1.82) is 5.26 Å². The molecule has 2 aliphatic rings. The van der Waals surface area contributed by atoms with E-state index in [1.165, 1.54) is 6.08 Å². The number of halogens is 2. The minimum atomic E-state index is -1.53. The highest BCUT2D eigenvalue weighted by molar-refractivity contribution is 5.38. The molecule has 0 N–H and O–H groups in total. The Hall–Kier alpha value is -2.99. The van der Waals surface area contributed by atoms with E-state index in [9.17, 15) is 8.78 Å². The smallest absolute Gasteiger partial charge is 0.131 e. The van der Waals surface area contributed by atoms with Gasteiger partial charge in [0.1, 0.15) is 12.0 Å². The van der Waals surface area contributed by atoms with Crippen LogP contribution in [-0.4, -0.2) is 6.17 Å². The second-order valence-electron chi connectivity index (χ2n) is 6.70. The SMILES string of the molecule is C=CC(F)[C@@H](C1=CCC(C#N)C=C1)/C(F)=C\CC1=CC/C=C\C=C/C(=C)C=C1. The summed E-state index contributed by atoms with van der Waals surface area (Å²) in [7, 11) is 0. The van der Waals surface area contributed by atoms with Gasteiger partial charge in [0, 0.05) is 0 Å². The molecule has 0 saturated carbocycles. The van der Waals surface area contributed by atoms with Crippen LogP contribution in [0.4, 0.5) is 8.78 Å². The number of nitriles is 1. The largest absolute Gasteiger partial charge is 0.242 e. The minimum absolute atomic E-state index is 0.244. The second kappa shape index (κ2) is 11.0. The summed E-state index contributed by atoms with van der Waals surface area (Å²) in [6.07, 6.45) is 21.2. The highest BCUT2D eigenvalue weighted by Gasteiger charge is 2.27. The van der Waals surface area contributed by atoms with E-state index in [0.717, 1.165) is 23.6 Å². The van der Waals surface area contributed by atoms with Crippen LogP contribution in [0.1, 0.15) is 19.3 Å². The zero-order chi connectivity index (χ0) is 20.4. The van der Waals surface area contributed by atoms with Gasteiger partial charge in [-0.1, -0.05) is 73.4 Å². The van der Waals surface area contributed by atoms with Crippen LogP contribution >= 0.6 is 0 Å². The van der Waals surface area contributed by atoms with Crippen molar-refractivity contribution in [2.24, 2.45) is 11.8 Å². The summed E-state index contributed by atoms with van der Waals surface area (Å²) < 4.78 is 29.4. The summed E-state index contributed by atoms with van der Waals surface area (Å²) in [4.78, 5) is 0. The Bertz CT molecular complexity index is 840. The zero-order valence-electron chi connectivity index (χ0n) is 15.9. The van der Waals surface area contributed by atoms with Crippen LogP contribution in [0.25, 0.3) is 0 Å². The van der Waals surface area contributed by atoms with Gasteiger partial charge < -0.3 is 0 Å². The predicted molar refractivity (Wildman–Crippen MR) is 113 cm³/mol. The molecule has 3 atom stereocenters. The Labute approximate surface area is 166 Å². The van der Waals surface area contributed by atoms with Crippen LogP contribution in [0, 0.1) is 23.2 Å². The Balaban J connectivity index is 2.19. The van der Waals surface area contributed by atoms with Crippen molar-refractivity contribution in [3.63, 3.8) is 0 Å². The Kier molecular flexibility index (Phi) is 8.37. The highest BCUT2D eigenvalue weighted by atomic mass is 19.1. The molecule has 3 heteroatoms. The molecule has 28 heavy (non-hydrogen) atoms. The van der Waals surface area contributed by atoms with E-state index in [-0.39, 0.29) is 5.92 Å². The fourth-order valence-electron chi connectivity index (χ4n) is 2.98. The summed E-state index contributed by atoms with van der Waals surface area (Å²) >= 11 is 0. The normalized spacial score (nSPS) is 24.4. The topological polar surface area (TPSA) is 23.8 Å². The molecule has 2 rings (SSSR count). The van der Waals surface area contributed by atoms with E-state index in [0.29, 0.717) is 18.4 Å². The first-order valence-electron chi connectivity index (χ1n) is 9.34. The Morgan fingerprint density at radius 2 is 2.07 bits per heavy atom. The van der Waals surface area contributed by atoms with Crippen LogP contribution in [-0.2, 0) is 0 Å². The van der Waals surface area contributed by atoms with Gasteiger partial charge in [-0.3, -0.25) is 0 Å². The van der Waals surface area contributed by atoms with Gasteiger partial charge in [-0.15, -0.1) is 6.58 Å². The summed E-state index contributed by atoms with van der Waals surface area (Å²) in [5.74, 6) is -1.80. The van der Waals surface area contributed by atoms with E-state index < -0.39 is 17.9 Å². The van der Waals surface area contributed by atoms with E-state index >= 15 is 0 Å². The van der Waals surface area contributed by atoms with E-state index in [1.54, 1.807) is 18.2 Å². The molecule has 0 radical (unpaired) electrons. The lowest BCUT2D eigenvalue weighted by Gasteiger charge is -2.21. The molecule has 0 aromatic carbocycles. The van der Waals surface area contributed by atoms with Gasteiger partial charge in [0.25, 0.3) is 0 Å². The average molecular weight is 377 g/mol. The molecule has 0 aromatic rings. The molecule has 2 unspecified atom stereocenters. The van der Waals surface area contributed by atoms with Gasteiger partial charge >= 0.3 is 0 Å². The maximum absolute atomic E-state index is 15.0. The summed E-state index contributed by atoms with van der Waals surface area (Å²) in [6, 6.07) is 2.14. The fourth-order valence-corrected chi connectivity index (χ4v) is 2.98. The van der Waals surface area contributed by atoms with Crippen molar-refractivity contribution in [2.45, 2.75) is 25.4 Å². The highest BCUT2D eigenvalue weighted by Crippen LogP contribution is 2.33. The first-order chi connectivity index (χ1) is 13.5. The lowest BCUT2D eigenvalue weighted by Crippen LogP contribution is -2.18. The molecule has 0 fully saturated rings. The number of alkyl halides is 1. The maximum Gasteiger partial charge on any atom is 0.131 e. The molecule has 0 heterocycles. The van der Waals surface area contributed by atoms with Gasteiger partial charge in [0.15, 0.2) is 0 Å². The van der Waals surface area contributed by atoms with E-state index in [2.05, 4.69) is 19.2 Å². The third-order valence-corrected chi connectivity index (χ3v) is 4.61. The van der Waals surface area contributed by atoms with Crippen LogP contribution in [0.5, 0.6) is 0 Å². The van der Waals surface area contributed by atoms with Crippen molar-refractivity contribution < 1.29 is 8.78 Å². The summed E-state index contributed by atoms with van der Waals surface area (Å²) in [5, 5.41) is 8.97.